The quantitative estimate of drug-likeness (QED) is 0.756. The Hall–Kier alpha value is -0.670. The number of pyridine rings is 1. The number of fused-ring (bicyclic) bond motifs is 1. The number of thioether (sulfide) groups is 1. The maximum Gasteiger partial charge on any atom is 0.155 e. The van der Waals surface area contributed by atoms with Crippen LogP contribution in [0.25, 0.3) is 5.65 Å². The van der Waals surface area contributed by atoms with Gasteiger partial charge in [-0.25, -0.2) is 4.98 Å². The van der Waals surface area contributed by atoms with Crippen LogP contribution in [-0.4, -0.2) is 15.1 Å². The fourth-order valence-electron chi connectivity index (χ4n) is 1.96. The number of imidazole rings is 1. The normalized spacial score (nSPS) is 21.3. The van der Waals surface area contributed by atoms with Gasteiger partial charge >= 0.3 is 0 Å². The first-order valence-electron chi connectivity index (χ1n) is 5.09. The Bertz CT molecular complexity index is 488. The molecule has 1 atom stereocenters. The first-order chi connectivity index (χ1) is 7.34. The molecule has 1 saturated heterocycles. The minimum absolute atomic E-state index is 0.570. The van der Waals surface area contributed by atoms with Gasteiger partial charge in [-0.15, -0.1) is 0 Å². The SMILES string of the molecule is Clc1cccn2cc(C3CCCS3)nc12. The molecule has 1 unspecified atom stereocenters. The lowest BCUT2D eigenvalue weighted by Crippen LogP contribution is -1.87. The molecule has 1 fully saturated rings. The Morgan fingerprint density at radius 2 is 2.47 bits per heavy atom. The summed E-state index contributed by atoms with van der Waals surface area (Å²) in [5, 5.41) is 1.30. The van der Waals surface area contributed by atoms with Crippen molar-refractivity contribution in [2.24, 2.45) is 0 Å². The molecule has 3 rings (SSSR count). The summed E-state index contributed by atoms with van der Waals surface area (Å²) in [7, 11) is 0. The molecule has 1 aliphatic rings. The van der Waals surface area contributed by atoms with Crippen LogP contribution in [0.1, 0.15) is 23.8 Å². The number of hydrogen-bond donors (Lipinski definition) is 0. The maximum absolute atomic E-state index is 6.09. The molecule has 1 aliphatic heterocycles. The van der Waals surface area contributed by atoms with E-state index < -0.39 is 0 Å². The molecular formula is C11H11ClN2S. The molecule has 3 heterocycles. The first-order valence-corrected chi connectivity index (χ1v) is 6.52. The van der Waals surface area contributed by atoms with Crippen LogP contribution < -0.4 is 0 Å². The summed E-state index contributed by atoms with van der Waals surface area (Å²) in [5.74, 6) is 1.26. The highest BCUT2D eigenvalue weighted by atomic mass is 35.5. The molecule has 0 aliphatic carbocycles. The van der Waals surface area contributed by atoms with E-state index >= 15 is 0 Å². The number of rotatable bonds is 1. The molecule has 2 aromatic rings. The molecule has 2 aromatic heterocycles. The van der Waals surface area contributed by atoms with Gasteiger partial charge in [0.15, 0.2) is 5.65 Å². The Morgan fingerprint density at radius 1 is 1.53 bits per heavy atom. The highest BCUT2D eigenvalue weighted by molar-refractivity contribution is 7.99. The van der Waals surface area contributed by atoms with E-state index in [2.05, 4.69) is 11.2 Å². The van der Waals surface area contributed by atoms with E-state index in [-0.39, 0.29) is 0 Å². The van der Waals surface area contributed by atoms with Crippen LogP contribution in [-0.2, 0) is 0 Å². The average molecular weight is 239 g/mol. The fraction of sp³-hybridized carbons (Fsp3) is 0.364. The number of halogens is 1. The maximum atomic E-state index is 6.09. The fourth-order valence-corrected chi connectivity index (χ4v) is 3.41. The summed E-state index contributed by atoms with van der Waals surface area (Å²) in [6.45, 7) is 0. The molecule has 78 valence electrons. The van der Waals surface area contributed by atoms with Gasteiger partial charge in [0.1, 0.15) is 0 Å². The zero-order valence-corrected chi connectivity index (χ0v) is 9.76. The highest BCUT2D eigenvalue weighted by Crippen LogP contribution is 2.39. The number of aromatic nitrogens is 2. The van der Waals surface area contributed by atoms with Crippen LogP contribution in [0, 0.1) is 0 Å². The molecule has 0 aromatic carbocycles. The van der Waals surface area contributed by atoms with Gasteiger partial charge in [-0.3, -0.25) is 0 Å². The van der Waals surface area contributed by atoms with Crippen LogP contribution in [0.4, 0.5) is 0 Å². The van der Waals surface area contributed by atoms with Crippen LogP contribution in [0.3, 0.4) is 0 Å². The molecule has 0 radical (unpaired) electrons. The molecule has 0 amide bonds. The minimum atomic E-state index is 0.570. The third-order valence-electron chi connectivity index (χ3n) is 2.71. The van der Waals surface area contributed by atoms with Crippen molar-refractivity contribution in [1.82, 2.24) is 9.38 Å². The van der Waals surface area contributed by atoms with Gasteiger partial charge in [0.05, 0.1) is 10.7 Å². The van der Waals surface area contributed by atoms with Gasteiger partial charge < -0.3 is 4.40 Å². The summed E-state index contributed by atoms with van der Waals surface area (Å²) >= 11 is 8.08. The van der Waals surface area contributed by atoms with Gasteiger partial charge in [0.2, 0.25) is 0 Å². The number of nitrogens with zero attached hydrogens (tertiary/aromatic N) is 2. The van der Waals surface area contributed by atoms with Gasteiger partial charge in [-0.05, 0) is 30.7 Å². The molecular weight excluding hydrogens is 228 g/mol. The Balaban J connectivity index is 2.09. The topological polar surface area (TPSA) is 17.3 Å². The van der Waals surface area contributed by atoms with E-state index in [1.165, 1.54) is 24.3 Å². The van der Waals surface area contributed by atoms with Crippen molar-refractivity contribution < 1.29 is 0 Å². The predicted molar refractivity (Wildman–Crippen MR) is 64.6 cm³/mol. The van der Waals surface area contributed by atoms with Crippen LogP contribution in [0.2, 0.25) is 5.02 Å². The van der Waals surface area contributed by atoms with Crippen molar-refractivity contribution >= 4 is 29.0 Å². The van der Waals surface area contributed by atoms with Gasteiger partial charge in [-0.2, -0.15) is 11.8 Å². The largest absolute Gasteiger partial charge is 0.306 e. The molecule has 0 saturated carbocycles. The first kappa shape index (κ1) is 9.55. The minimum Gasteiger partial charge on any atom is -0.306 e. The van der Waals surface area contributed by atoms with E-state index in [0.717, 1.165) is 10.7 Å². The Kier molecular flexibility index (Phi) is 2.37. The average Bonchev–Trinajstić information content (AvgIpc) is 2.86. The van der Waals surface area contributed by atoms with Crippen LogP contribution in [0.15, 0.2) is 24.5 Å². The monoisotopic (exact) mass is 238 g/mol. The Morgan fingerprint density at radius 3 is 3.20 bits per heavy atom. The molecule has 2 nitrogen and oxygen atoms in total. The van der Waals surface area contributed by atoms with Crippen LogP contribution in [0.5, 0.6) is 0 Å². The van der Waals surface area contributed by atoms with E-state index in [9.17, 15) is 0 Å². The second kappa shape index (κ2) is 3.72. The predicted octanol–water partition coefficient (Wildman–Crippen LogP) is 3.56. The van der Waals surface area contributed by atoms with Gasteiger partial charge in [0, 0.05) is 17.6 Å². The van der Waals surface area contributed by atoms with Crippen molar-refractivity contribution in [3.05, 3.63) is 35.2 Å². The molecule has 0 bridgehead atoms. The molecule has 0 N–H and O–H groups in total. The lowest BCUT2D eigenvalue weighted by molar-refractivity contribution is 0.813. The summed E-state index contributed by atoms with van der Waals surface area (Å²) in [6, 6.07) is 3.83. The van der Waals surface area contributed by atoms with Crippen molar-refractivity contribution in [2.45, 2.75) is 18.1 Å². The summed E-state index contributed by atoms with van der Waals surface area (Å²) in [6.07, 6.45) is 6.64. The smallest absolute Gasteiger partial charge is 0.155 e. The zero-order chi connectivity index (χ0) is 10.3. The molecule has 15 heavy (non-hydrogen) atoms. The van der Waals surface area contributed by atoms with Crippen molar-refractivity contribution in [3.8, 4) is 0 Å². The van der Waals surface area contributed by atoms with E-state index in [1.807, 2.05) is 34.5 Å². The zero-order valence-electron chi connectivity index (χ0n) is 8.19. The second-order valence-electron chi connectivity index (χ2n) is 3.75. The van der Waals surface area contributed by atoms with E-state index in [0.29, 0.717) is 5.25 Å². The summed E-state index contributed by atoms with van der Waals surface area (Å²) in [4.78, 5) is 4.60. The van der Waals surface area contributed by atoms with Crippen molar-refractivity contribution in [3.63, 3.8) is 0 Å². The van der Waals surface area contributed by atoms with Crippen molar-refractivity contribution in [1.29, 1.82) is 0 Å². The standard InChI is InChI=1S/C11H11ClN2S/c12-8-3-1-5-14-7-9(13-11(8)14)10-4-2-6-15-10/h1,3,5,7,10H,2,4,6H2. The third kappa shape index (κ3) is 1.64. The second-order valence-corrected chi connectivity index (χ2v) is 5.47. The highest BCUT2D eigenvalue weighted by Gasteiger charge is 2.20. The lowest BCUT2D eigenvalue weighted by Gasteiger charge is -2.01. The van der Waals surface area contributed by atoms with Crippen LogP contribution >= 0.6 is 23.4 Å². The molecule has 0 spiro atoms. The summed E-state index contributed by atoms with van der Waals surface area (Å²) < 4.78 is 2.01. The van der Waals surface area contributed by atoms with Crippen molar-refractivity contribution in [2.75, 3.05) is 5.75 Å². The summed E-state index contributed by atoms with van der Waals surface area (Å²) in [5.41, 5.74) is 2.05. The van der Waals surface area contributed by atoms with Gasteiger partial charge in [0.25, 0.3) is 0 Å². The number of hydrogen-bond acceptors (Lipinski definition) is 2. The lowest BCUT2D eigenvalue weighted by atomic mass is 10.2. The third-order valence-corrected chi connectivity index (χ3v) is 4.41. The van der Waals surface area contributed by atoms with E-state index in [4.69, 9.17) is 11.6 Å². The van der Waals surface area contributed by atoms with Gasteiger partial charge in [-0.1, -0.05) is 11.6 Å². The van der Waals surface area contributed by atoms with E-state index in [1.54, 1.807) is 0 Å². The Labute approximate surface area is 97.6 Å². The molecule has 4 heteroatoms.